The second kappa shape index (κ2) is 10.7. The number of fused-ring (bicyclic) bond motifs is 1. The number of hydrogen-bond acceptors (Lipinski definition) is 7. The summed E-state index contributed by atoms with van der Waals surface area (Å²) in [5, 5.41) is 8.90. The van der Waals surface area contributed by atoms with E-state index in [9.17, 15) is 9.18 Å². The lowest BCUT2D eigenvalue weighted by Gasteiger charge is -2.35. The lowest BCUT2D eigenvalue weighted by Crippen LogP contribution is -2.49. The summed E-state index contributed by atoms with van der Waals surface area (Å²) in [5.41, 5.74) is 6.41. The van der Waals surface area contributed by atoms with E-state index in [0.717, 1.165) is 45.3 Å². The lowest BCUT2D eigenvalue weighted by molar-refractivity contribution is -0.130. The Kier molecular flexibility index (Phi) is 6.77. The number of carbonyl (C=O) groups is 1. The number of halogens is 1. The summed E-state index contributed by atoms with van der Waals surface area (Å²) < 4.78 is 16.8. The minimum atomic E-state index is -0.408. The van der Waals surface area contributed by atoms with Crippen molar-refractivity contribution >= 4 is 23.5 Å². The Morgan fingerprint density at radius 1 is 0.950 bits per heavy atom. The minimum Gasteiger partial charge on any atom is -0.353 e. The van der Waals surface area contributed by atoms with Gasteiger partial charge in [-0.3, -0.25) is 19.5 Å². The molecule has 1 aliphatic heterocycles. The van der Waals surface area contributed by atoms with Crippen molar-refractivity contribution in [3.63, 3.8) is 0 Å². The van der Waals surface area contributed by atoms with Gasteiger partial charge in [0, 0.05) is 98.6 Å². The third-order valence-corrected chi connectivity index (χ3v) is 7.08. The van der Waals surface area contributed by atoms with Crippen molar-refractivity contribution in [2.75, 3.05) is 38.1 Å². The number of nitrogens with zero attached hydrogens (tertiary/aromatic N) is 9. The number of pyridine rings is 3. The molecule has 1 amide bonds. The van der Waals surface area contributed by atoms with Gasteiger partial charge in [0.25, 0.3) is 0 Å². The molecule has 202 valence electrons. The monoisotopic (exact) mass is 537 g/mol. The van der Waals surface area contributed by atoms with Crippen LogP contribution in [0.25, 0.3) is 27.8 Å². The fourth-order valence-corrected chi connectivity index (χ4v) is 5.02. The van der Waals surface area contributed by atoms with E-state index in [4.69, 9.17) is 4.98 Å². The van der Waals surface area contributed by atoms with E-state index in [1.807, 2.05) is 59.7 Å². The molecule has 1 aliphatic rings. The average molecular weight is 538 g/mol. The highest BCUT2D eigenvalue weighted by Gasteiger charge is 2.23. The predicted molar refractivity (Wildman–Crippen MR) is 151 cm³/mol. The Morgan fingerprint density at radius 2 is 1.80 bits per heavy atom. The molecule has 0 N–H and O–H groups in total. The van der Waals surface area contributed by atoms with Gasteiger partial charge < -0.3 is 9.80 Å². The third-order valence-electron chi connectivity index (χ3n) is 7.08. The zero-order valence-corrected chi connectivity index (χ0v) is 22.3. The normalized spacial score (nSPS) is 14.0. The van der Waals surface area contributed by atoms with Crippen LogP contribution in [0.4, 0.5) is 10.2 Å². The number of aromatic nitrogens is 6. The van der Waals surface area contributed by atoms with Gasteiger partial charge in [0.05, 0.1) is 30.5 Å². The standard InChI is InChI=1S/C29H28FN9O/c1-31-13-22-15-35-39-19-21(23-16-34-36(2)18-23)11-26(29(22)39)20-3-6-27(33-14-20)37-7-9-38(10-8-37)28(40)12-25-5-4-24(30)17-32-25/h3-6,11,13-19H,7-10,12H2,1-2H3. The number of rotatable bonds is 6. The van der Waals surface area contributed by atoms with Crippen molar-refractivity contribution in [3.05, 3.63) is 84.6 Å². The molecule has 5 aromatic heterocycles. The molecule has 10 nitrogen and oxygen atoms in total. The minimum absolute atomic E-state index is 0.00758. The van der Waals surface area contributed by atoms with E-state index in [0.29, 0.717) is 31.9 Å². The highest BCUT2D eigenvalue weighted by molar-refractivity contribution is 5.97. The topological polar surface area (TPSA) is 96.8 Å². The molecule has 0 aliphatic carbocycles. The van der Waals surface area contributed by atoms with Crippen molar-refractivity contribution in [2.24, 2.45) is 12.0 Å². The summed E-state index contributed by atoms with van der Waals surface area (Å²) in [6, 6.07) is 9.11. The highest BCUT2D eigenvalue weighted by atomic mass is 19.1. The third kappa shape index (κ3) is 5.05. The number of aryl methyl sites for hydroxylation is 1. The van der Waals surface area contributed by atoms with Gasteiger partial charge in [-0.05, 0) is 30.3 Å². The molecule has 0 unspecified atom stereocenters. The van der Waals surface area contributed by atoms with E-state index < -0.39 is 5.82 Å². The smallest absolute Gasteiger partial charge is 0.228 e. The Hall–Kier alpha value is -4.93. The summed E-state index contributed by atoms with van der Waals surface area (Å²) in [7, 11) is 3.64. The van der Waals surface area contributed by atoms with Crippen LogP contribution in [0.1, 0.15) is 11.3 Å². The first kappa shape index (κ1) is 25.4. The van der Waals surface area contributed by atoms with Crippen LogP contribution in [0.2, 0.25) is 0 Å². The van der Waals surface area contributed by atoms with Crippen LogP contribution in [0.3, 0.4) is 0 Å². The quantitative estimate of drug-likeness (QED) is 0.309. The number of hydrogen-bond donors (Lipinski definition) is 0. The molecule has 40 heavy (non-hydrogen) atoms. The van der Waals surface area contributed by atoms with E-state index in [1.165, 1.54) is 6.07 Å². The number of carbonyl (C=O) groups excluding carboxylic acids is 1. The van der Waals surface area contributed by atoms with Crippen molar-refractivity contribution in [1.82, 2.24) is 34.3 Å². The molecule has 6 heterocycles. The van der Waals surface area contributed by atoms with Crippen LogP contribution in [0.15, 0.2) is 72.5 Å². The first-order chi connectivity index (χ1) is 19.5. The zero-order chi connectivity index (χ0) is 27.6. The van der Waals surface area contributed by atoms with Crippen molar-refractivity contribution in [2.45, 2.75) is 6.42 Å². The van der Waals surface area contributed by atoms with Gasteiger partial charge in [0.1, 0.15) is 11.6 Å². The van der Waals surface area contributed by atoms with Crippen molar-refractivity contribution < 1.29 is 9.18 Å². The van der Waals surface area contributed by atoms with Crippen LogP contribution in [0, 0.1) is 5.82 Å². The van der Waals surface area contributed by atoms with Crippen molar-refractivity contribution in [3.8, 4) is 22.3 Å². The van der Waals surface area contributed by atoms with Gasteiger partial charge in [0.15, 0.2) is 0 Å². The molecule has 1 saturated heterocycles. The Morgan fingerprint density at radius 3 is 2.48 bits per heavy atom. The molecule has 0 atom stereocenters. The van der Waals surface area contributed by atoms with Gasteiger partial charge in [-0.15, -0.1) is 0 Å². The Bertz CT molecular complexity index is 1680. The van der Waals surface area contributed by atoms with Crippen molar-refractivity contribution in [1.29, 1.82) is 0 Å². The van der Waals surface area contributed by atoms with Crippen LogP contribution in [0.5, 0.6) is 0 Å². The molecule has 1 fully saturated rings. The Balaban J connectivity index is 1.21. The summed E-state index contributed by atoms with van der Waals surface area (Å²) >= 11 is 0. The molecular formula is C29H28FN9O. The van der Waals surface area contributed by atoms with E-state index in [1.54, 1.807) is 17.8 Å². The largest absolute Gasteiger partial charge is 0.353 e. The van der Waals surface area contributed by atoms with E-state index in [2.05, 4.69) is 37.2 Å². The van der Waals surface area contributed by atoms with Crippen LogP contribution < -0.4 is 4.90 Å². The molecule has 6 rings (SSSR count). The predicted octanol–water partition coefficient (Wildman–Crippen LogP) is 3.27. The van der Waals surface area contributed by atoms with Crippen LogP contribution in [-0.4, -0.2) is 79.6 Å². The molecule has 0 saturated carbocycles. The van der Waals surface area contributed by atoms with Crippen LogP contribution >= 0.6 is 0 Å². The van der Waals surface area contributed by atoms with E-state index in [-0.39, 0.29) is 12.3 Å². The van der Waals surface area contributed by atoms with Gasteiger partial charge in [-0.25, -0.2) is 13.9 Å². The second-order valence-electron chi connectivity index (χ2n) is 9.74. The molecule has 0 spiro atoms. The van der Waals surface area contributed by atoms with Gasteiger partial charge in [-0.1, -0.05) is 0 Å². The number of piperazine rings is 1. The SMILES string of the molecule is CN=Cc1cnn2cc(-c3cnn(C)c3)cc(-c3ccc(N4CCN(C(=O)Cc5ccc(F)cn5)CC4)nc3)c12. The zero-order valence-electron chi connectivity index (χ0n) is 22.3. The maximum absolute atomic E-state index is 13.1. The Labute approximate surface area is 230 Å². The molecule has 0 aromatic carbocycles. The first-order valence-corrected chi connectivity index (χ1v) is 13.0. The fraction of sp³-hybridized carbons (Fsp3) is 0.241. The number of amides is 1. The molecule has 0 bridgehead atoms. The molecule has 5 aromatic rings. The number of aliphatic imine (C=N–C) groups is 1. The maximum atomic E-state index is 13.1. The molecular weight excluding hydrogens is 509 g/mol. The number of anilines is 1. The van der Waals surface area contributed by atoms with E-state index >= 15 is 0 Å². The molecule has 11 heteroatoms. The first-order valence-electron chi connectivity index (χ1n) is 13.0. The maximum Gasteiger partial charge on any atom is 0.228 e. The lowest BCUT2D eigenvalue weighted by atomic mass is 10.0. The second-order valence-corrected chi connectivity index (χ2v) is 9.74. The summed E-state index contributed by atoms with van der Waals surface area (Å²) in [5.74, 6) is 0.445. The summed E-state index contributed by atoms with van der Waals surface area (Å²) in [6.07, 6.45) is 12.6. The van der Waals surface area contributed by atoms with Gasteiger partial charge >= 0.3 is 0 Å². The van der Waals surface area contributed by atoms with Gasteiger partial charge in [-0.2, -0.15) is 10.2 Å². The van der Waals surface area contributed by atoms with Crippen LogP contribution in [-0.2, 0) is 18.3 Å². The average Bonchev–Trinajstić information content (AvgIpc) is 3.60. The summed E-state index contributed by atoms with van der Waals surface area (Å²) in [4.78, 5) is 29.7. The van der Waals surface area contributed by atoms with Gasteiger partial charge in [0.2, 0.25) is 5.91 Å². The summed E-state index contributed by atoms with van der Waals surface area (Å²) in [6.45, 7) is 2.53. The molecule has 0 radical (unpaired) electrons. The fourth-order valence-electron chi connectivity index (χ4n) is 5.02. The highest BCUT2D eigenvalue weighted by Crippen LogP contribution is 2.32.